The van der Waals surface area contributed by atoms with E-state index in [2.05, 4.69) is 0 Å². The largest absolute Gasteiger partial charge is 0.454 e. The van der Waals surface area contributed by atoms with E-state index in [-0.39, 0.29) is 23.7 Å². The number of hydrogen-bond acceptors (Lipinski definition) is 4. The Bertz CT molecular complexity index is 460. The van der Waals surface area contributed by atoms with Gasteiger partial charge in [-0.3, -0.25) is 4.79 Å². The second kappa shape index (κ2) is 4.29. The van der Waals surface area contributed by atoms with Crippen molar-refractivity contribution in [3.05, 3.63) is 23.3 Å². The van der Waals surface area contributed by atoms with Gasteiger partial charge in [0.1, 0.15) is 0 Å². The van der Waals surface area contributed by atoms with E-state index < -0.39 is 18.3 Å². The number of nitrogens with two attached hydrogens (primary N) is 1. The summed E-state index contributed by atoms with van der Waals surface area (Å²) in [4.78, 5) is 11.7. The lowest BCUT2D eigenvalue weighted by atomic mass is 9.99. The average Bonchev–Trinajstić information content (AvgIpc) is 2.72. The third-order valence-electron chi connectivity index (χ3n) is 2.46. The van der Waals surface area contributed by atoms with Gasteiger partial charge in [0.15, 0.2) is 17.3 Å². The number of rotatable bonds is 3. The highest BCUT2D eigenvalue weighted by Crippen LogP contribution is 2.38. The molecule has 0 fully saturated rings. The fourth-order valence-corrected chi connectivity index (χ4v) is 1.60. The highest BCUT2D eigenvalue weighted by atomic mass is 19.3. The molecule has 0 saturated heterocycles. The number of fused-ring (bicyclic) bond motifs is 1. The molecular weight excluding hydrogens is 232 g/mol. The van der Waals surface area contributed by atoms with E-state index in [0.717, 1.165) is 6.07 Å². The zero-order chi connectivity index (χ0) is 12.6. The minimum atomic E-state index is -2.76. The SMILES string of the molecule is CC(N)C(=O)c1cc2c(cc1C(F)F)OCO2. The summed E-state index contributed by atoms with van der Waals surface area (Å²) in [7, 11) is 0. The molecular formula is C11H11F2NO3. The summed E-state index contributed by atoms with van der Waals surface area (Å²) in [5.74, 6) is -0.0291. The van der Waals surface area contributed by atoms with Crippen LogP contribution in [0.1, 0.15) is 29.3 Å². The smallest absolute Gasteiger partial charge is 0.264 e. The van der Waals surface area contributed by atoms with Gasteiger partial charge in [0, 0.05) is 11.1 Å². The van der Waals surface area contributed by atoms with Crippen molar-refractivity contribution in [3.63, 3.8) is 0 Å². The fraction of sp³-hybridized carbons (Fsp3) is 0.364. The summed E-state index contributed by atoms with van der Waals surface area (Å²) >= 11 is 0. The number of ketones is 1. The lowest BCUT2D eigenvalue weighted by Crippen LogP contribution is -2.27. The van der Waals surface area contributed by atoms with Crippen molar-refractivity contribution >= 4 is 5.78 Å². The predicted molar refractivity (Wildman–Crippen MR) is 55.5 cm³/mol. The lowest BCUT2D eigenvalue weighted by Gasteiger charge is -2.11. The summed E-state index contributed by atoms with van der Waals surface area (Å²) in [5.41, 5.74) is 4.93. The molecule has 1 aliphatic heterocycles. The van der Waals surface area contributed by atoms with Crippen molar-refractivity contribution in [2.24, 2.45) is 5.73 Å². The molecule has 0 amide bonds. The first-order valence-electron chi connectivity index (χ1n) is 5.02. The van der Waals surface area contributed by atoms with Crippen LogP contribution in [0.3, 0.4) is 0 Å². The normalized spacial score (nSPS) is 15.1. The highest BCUT2D eigenvalue weighted by Gasteiger charge is 2.26. The molecule has 17 heavy (non-hydrogen) atoms. The van der Waals surface area contributed by atoms with Crippen LogP contribution in [0.15, 0.2) is 12.1 Å². The Kier molecular flexibility index (Phi) is 2.97. The minimum Gasteiger partial charge on any atom is -0.454 e. The summed E-state index contributed by atoms with van der Waals surface area (Å²) in [6.45, 7) is 1.41. The molecule has 0 saturated carbocycles. The molecule has 2 rings (SSSR count). The fourth-order valence-electron chi connectivity index (χ4n) is 1.60. The van der Waals surface area contributed by atoms with Crippen molar-refractivity contribution in [2.75, 3.05) is 6.79 Å². The Morgan fingerprint density at radius 2 is 1.94 bits per heavy atom. The first-order valence-corrected chi connectivity index (χ1v) is 5.02. The number of carbonyl (C=O) groups excluding carboxylic acids is 1. The zero-order valence-electron chi connectivity index (χ0n) is 9.07. The van der Waals surface area contributed by atoms with Gasteiger partial charge in [-0.25, -0.2) is 8.78 Å². The van der Waals surface area contributed by atoms with Crippen molar-refractivity contribution in [3.8, 4) is 11.5 Å². The molecule has 1 aromatic rings. The van der Waals surface area contributed by atoms with Crippen LogP contribution in [0, 0.1) is 0 Å². The van der Waals surface area contributed by atoms with E-state index in [1.54, 1.807) is 0 Å². The topological polar surface area (TPSA) is 61.6 Å². The van der Waals surface area contributed by atoms with Gasteiger partial charge in [0.2, 0.25) is 6.79 Å². The van der Waals surface area contributed by atoms with Gasteiger partial charge < -0.3 is 15.2 Å². The molecule has 0 aliphatic carbocycles. The quantitative estimate of drug-likeness (QED) is 0.823. The Balaban J connectivity index is 2.52. The number of benzene rings is 1. The third kappa shape index (κ3) is 2.08. The van der Waals surface area contributed by atoms with E-state index in [4.69, 9.17) is 15.2 Å². The van der Waals surface area contributed by atoms with Crippen LogP contribution in [0.4, 0.5) is 8.78 Å². The standard InChI is InChI=1S/C11H11F2NO3/c1-5(14)10(15)6-2-8-9(17-4-16-8)3-7(6)11(12)13/h2-3,5,11H,4,14H2,1H3. The maximum atomic E-state index is 12.8. The number of ether oxygens (including phenoxy) is 2. The number of alkyl halides is 2. The molecule has 0 spiro atoms. The molecule has 1 heterocycles. The molecule has 1 aromatic carbocycles. The monoisotopic (exact) mass is 243 g/mol. The molecule has 1 atom stereocenters. The average molecular weight is 243 g/mol. The van der Waals surface area contributed by atoms with Crippen molar-refractivity contribution in [1.29, 1.82) is 0 Å². The molecule has 6 heteroatoms. The van der Waals surface area contributed by atoms with Gasteiger partial charge in [0.05, 0.1) is 6.04 Å². The van der Waals surface area contributed by atoms with Crippen LogP contribution < -0.4 is 15.2 Å². The third-order valence-corrected chi connectivity index (χ3v) is 2.46. The van der Waals surface area contributed by atoms with Crippen molar-refractivity contribution in [1.82, 2.24) is 0 Å². The summed E-state index contributed by atoms with van der Waals surface area (Å²) in [5, 5.41) is 0. The highest BCUT2D eigenvalue weighted by molar-refractivity contribution is 6.01. The zero-order valence-corrected chi connectivity index (χ0v) is 9.07. The Labute approximate surface area is 96.3 Å². The van der Waals surface area contributed by atoms with E-state index in [1.165, 1.54) is 13.0 Å². The first kappa shape index (κ1) is 11.8. The summed E-state index contributed by atoms with van der Waals surface area (Å²) in [6, 6.07) is 1.55. The van der Waals surface area contributed by atoms with E-state index in [0.29, 0.717) is 5.75 Å². The summed E-state index contributed by atoms with van der Waals surface area (Å²) < 4.78 is 35.7. The number of hydrogen-bond donors (Lipinski definition) is 1. The molecule has 0 aromatic heterocycles. The van der Waals surface area contributed by atoms with Gasteiger partial charge in [-0.2, -0.15) is 0 Å². The van der Waals surface area contributed by atoms with Gasteiger partial charge in [0.25, 0.3) is 6.43 Å². The Hall–Kier alpha value is -1.69. The van der Waals surface area contributed by atoms with Crippen LogP contribution in [-0.2, 0) is 0 Å². The number of Topliss-reactive ketones (excluding diaryl/α,β-unsaturated/α-hetero) is 1. The van der Waals surface area contributed by atoms with Crippen LogP contribution in [-0.4, -0.2) is 18.6 Å². The van der Waals surface area contributed by atoms with E-state index in [9.17, 15) is 13.6 Å². The number of carbonyl (C=O) groups is 1. The van der Waals surface area contributed by atoms with Crippen molar-refractivity contribution < 1.29 is 23.0 Å². The molecule has 4 nitrogen and oxygen atoms in total. The molecule has 1 unspecified atom stereocenters. The van der Waals surface area contributed by atoms with Crippen LogP contribution in [0.5, 0.6) is 11.5 Å². The number of halogens is 2. The van der Waals surface area contributed by atoms with Gasteiger partial charge in [-0.05, 0) is 19.1 Å². The van der Waals surface area contributed by atoms with E-state index in [1.807, 2.05) is 0 Å². The second-order valence-electron chi connectivity index (χ2n) is 3.75. The van der Waals surface area contributed by atoms with Gasteiger partial charge in [-0.15, -0.1) is 0 Å². The second-order valence-corrected chi connectivity index (χ2v) is 3.75. The van der Waals surface area contributed by atoms with Gasteiger partial charge >= 0.3 is 0 Å². The van der Waals surface area contributed by atoms with Crippen LogP contribution in [0.25, 0.3) is 0 Å². The van der Waals surface area contributed by atoms with Gasteiger partial charge in [-0.1, -0.05) is 0 Å². The summed E-state index contributed by atoms with van der Waals surface area (Å²) in [6.07, 6.45) is -2.76. The molecule has 1 aliphatic rings. The van der Waals surface area contributed by atoms with Crippen LogP contribution in [0.2, 0.25) is 0 Å². The molecule has 2 N–H and O–H groups in total. The Morgan fingerprint density at radius 3 is 2.47 bits per heavy atom. The van der Waals surface area contributed by atoms with Crippen LogP contribution >= 0.6 is 0 Å². The molecule has 0 radical (unpaired) electrons. The van der Waals surface area contributed by atoms with Crippen molar-refractivity contribution in [2.45, 2.75) is 19.4 Å². The Morgan fingerprint density at radius 1 is 1.35 bits per heavy atom. The predicted octanol–water partition coefficient (Wildman–Crippen LogP) is 1.88. The first-order chi connectivity index (χ1) is 8.00. The minimum absolute atomic E-state index is 0.0339. The molecule has 0 bridgehead atoms. The van der Waals surface area contributed by atoms with E-state index >= 15 is 0 Å². The maximum Gasteiger partial charge on any atom is 0.264 e. The molecule has 92 valence electrons. The lowest BCUT2D eigenvalue weighted by molar-refractivity contribution is 0.0954. The maximum absolute atomic E-state index is 12.8.